The highest BCUT2D eigenvalue weighted by Gasteiger charge is 2.75. The third-order valence-electron chi connectivity index (χ3n) is 13.6. The Morgan fingerprint density at radius 2 is 1.66 bits per heavy atom. The van der Waals surface area contributed by atoms with E-state index in [4.69, 9.17) is 4.74 Å². The van der Waals surface area contributed by atoms with Crippen LogP contribution in [0.4, 0.5) is 4.79 Å². The van der Waals surface area contributed by atoms with Gasteiger partial charge in [-0.05, 0) is 80.3 Å². The number of nitrogens with one attached hydrogen (secondary N) is 1. The molecule has 3 saturated carbocycles. The number of cyclic esters (lactones) is 1. The second-order valence-corrected chi connectivity index (χ2v) is 17.8. The van der Waals surface area contributed by atoms with Gasteiger partial charge in [-0.2, -0.15) is 22.7 Å². The fourth-order valence-electron chi connectivity index (χ4n) is 10.8. The van der Waals surface area contributed by atoms with E-state index >= 15 is 0 Å². The first kappa shape index (κ1) is 31.4. The Kier molecular flexibility index (Phi) is 6.46. The maximum absolute atomic E-state index is 14.6. The van der Waals surface area contributed by atoms with Crippen LogP contribution in [-0.4, -0.2) is 59.8 Å². The van der Waals surface area contributed by atoms with E-state index < -0.39 is 60.4 Å². The van der Waals surface area contributed by atoms with Crippen molar-refractivity contribution in [2.75, 3.05) is 13.2 Å². The van der Waals surface area contributed by atoms with Crippen molar-refractivity contribution in [3.05, 3.63) is 23.3 Å². The molecule has 8 atom stereocenters. The molecule has 6 rings (SSSR count). The zero-order valence-electron chi connectivity index (χ0n) is 26.9. The van der Waals surface area contributed by atoms with E-state index in [9.17, 15) is 33.2 Å². The van der Waals surface area contributed by atoms with Crippen LogP contribution < -0.4 is 4.72 Å². The summed E-state index contributed by atoms with van der Waals surface area (Å²) in [5, 5.41) is 22.9. The predicted molar refractivity (Wildman–Crippen MR) is 161 cm³/mol. The highest BCUT2D eigenvalue weighted by atomic mass is 32.2. The van der Waals surface area contributed by atoms with Gasteiger partial charge >= 0.3 is 16.3 Å². The van der Waals surface area contributed by atoms with Gasteiger partial charge < -0.3 is 9.84 Å². The van der Waals surface area contributed by atoms with E-state index in [2.05, 4.69) is 24.6 Å². The topological polar surface area (TPSA) is 154 Å². The highest BCUT2D eigenvalue weighted by molar-refractivity contribution is 7.87. The molecule has 0 aromatic carbocycles. The van der Waals surface area contributed by atoms with Gasteiger partial charge in [-0.15, -0.1) is 0 Å². The van der Waals surface area contributed by atoms with Crippen LogP contribution in [0.15, 0.2) is 23.3 Å². The van der Waals surface area contributed by atoms with Gasteiger partial charge in [-0.1, -0.05) is 47.6 Å². The lowest BCUT2D eigenvalue weighted by molar-refractivity contribution is -0.239. The number of carbonyl (C=O) groups excluding carboxylic acids is 3. The normalized spacial score (nSPS) is 46.4. The van der Waals surface area contributed by atoms with Crippen molar-refractivity contribution in [3.8, 4) is 6.07 Å². The number of ketones is 2. The number of allylic oxidation sites excluding steroid dienone is 3. The monoisotopic (exact) mass is 627 g/mol. The van der Waals surface area contributed by atoms with E-state index in [1.165, 1.54) is 0 Å². The van der Waals surface area contributed by atoms with Gasteiger partial charge in [-0.25, -0.2) is 4.79 Å². The minimum atomic E-state index is -4.21. The summed E-state index contributed by atoms with van der Waals surface area (Å²) in [6.07, 6.45) is 6.54. The molecular formula is C33H45N3O7S. The number of hydrogen-bond donors (Lipinski definition) is 2. The third kappa shape index (κ3) is 3.71. The number of nitrogens with zero attached hydrogens (tertiary/aromatic N) is 2. The second-order valence-electron chi connectivity index (χ2n) is 16.2. The van der Waals surface area contributed by atoms with Gasteiger partial charge in [0.2, 0.25) is 0 Å². The molecule has 1 heterocycles. The zero-order chi connectivity index (χ0) is 32.5. The van der Waals surface area contributed by atoms with Crippen molar-refractivity contribution < 1.29 is 32.6 Å². The van der Waals surface area contributed by atoms with Gasteiger partial charge in [0.25, 0.3) is 0 Å². The van der Waals surface area contributed by atoms with Crippen LogP contribution in [0.1, 0.15) is 93.4 Å². The van der Waals surface area contributed by atoms with E-state index in [0.29, 0.717) is 36.4 Å². The molecule has 1 saturated heterocycles. The van der Waals surface area contributed by atoms with Crippen molar-refractivity contribution in [3.63, 3.8) is 0 Å². The quantitative estimate of drug-likeness (QED) is 0.468. The van der Waals surface area contributed by atoms with Crippen LogP contribution in [0.25, 0.3) is 0 Å². The molecule has 5 aliphatic carbocycles. The van der Waals surface area contributed by atoms with Crippen LogP contribution in [0.2, 0.25) is 0 Å². The van der Waals surface area contributed by atoms with E-state index in [0.717, 1.165) is 12.0 Å². The Morgan fingerprint density at radius 1 is 1.00 bits per heavy atom. The molecule has 0 radical (unpaired) electrons. The molecule has 0 bridgehead atoms. The molecule has 10 nitrogen and oxygen atoms in total. The minimum absolute atomic E-state index is 0.00677. The molecule has 0 unspecified atom stereocenters. The molecular weight excluding hydrogens is 582 g/mol. The lowest BCUT2D eigenvalue weighted by atomic mass is 9.33. The maximum Gasteiger partial charge on any atom is 0.424 e. The van der Waals surface area contributed by atoms with Crippen molar-refractivity contribution in [2.45, 2.75) is 105 Å². The first-order valence-corrected chi connectivity index (χ1v) is 17.2. The fraction of sp³-hybridized carbons (Fsp3) is 0.758. The number of ether oxygens (including phenoxy) is 1. The first-order chi connectivity index (χ1) is 20.2. The third-order valence-corrected chi connectivity index (χ3v) is 15.3. The number of carbonyl (C=O) groups is 3. The maximum atomic E-state index is 14.6. The van der Waals surface area contributed by atoms with Crippen LogP contribution in [0, 0.1) is 50.2 Å². The number of amides is 1. The summed E-state index contributed by atoms with van der Waals surface area (Å²) in [5.74, 6) is -1.22. The van der Waals surface area contributed by atoms with Crippen molar-refractivity contribution in [2.24, 2.45) is 38.9 Å². The molecule has 0 aromatic heterocycles. The van der Waals surface area contributed by atoms with Crippen molar-refractivity contribution in [1.29, 1.82) is 5.26 Å². The van der Waals surface area contributed by atoms with E-state index in [-0.39, 0.29) is 42.6 Å². The molecule has 240 valence electrons. The van der Waals surface area contributed by atoms with Gasteiger partial charge in [0.05, 0.1) is 12.1 Å². The van der Waals surface area contributed by atoms with Crippen molar-refractivity contribution >= 4 is 27.9 Å². The Morgan fingerprint density at radius 3 is 2.27 bits per heavy atom. The van der Waals surface area contributed by atoms with Gasteiger partial charge in [0.15, 0.2) is 11.6 Å². The molecule has 2 N–H and O–H groups in total. The molecule has 11 heteroatoms. The number of aliphatic hydroxyl groups is 1. The summed E-state index contributed by atoms with van der Waals surface area (Å²) in [4.78, 5) is 40.0. The molecule has 6 aliphatic rings. The van der Waals surface area contributed by atoms with Crippen LogP contribution in [-0.2, 0) is 24.5 Å². The Labute approximate surface area is 260 Å². The number of rotatable bonds is 3. The summed E-state index contributed by atoms with van der Waals surface area (Å²) in [6, 6.07) is 2.11. The largest absolute Gasteiger partial charge is 0.447 e. The second kappa shape index (κ2) is 9.04. The average molecular weight is 628 g/mol. The Bertz CT molecular complexity index is 1590. The average Bonchev–Trinajstić information content (AvgIpc) is 3.38. The van der Waals surface area contributed by atoms with E-state index in [1.807, 2.05) is 27.7 Å². The van der Waals surface area contributed by atoms with E-state index in [1.54, 1.807) is 19.1 Å². The number of nitriles is 1. The standard InChI is InChI=1S/C33H45N3O7S/c1-27(2)21-8-9-31(6)22(30(21,5)17-20(19-34)25(27)38)16-24(37)33(40)23-18-29(4,12-10-28(23,3)11-13-32(31,33)7)35-44(41,42)36-14-15-43-26(36)39/h16-17,21,23,35,40H,8-15,18H2,1-7H3/t21-,23+,28-,29-,30-,31+,32-,33+/m0/s1. The minimum Gasteiger partial charge on any atom is -0.447 e. The number of fused-ring (bicyclic) bond motifs is 7. The molecule has 0 aromatic rings. The highest BCUT2D eigenvalue weighted by Crippen LogP contribution is 2.75. The van der Waals surface area contributed by atoms with Crippen LogP contribution in [0.5, 0.6) is 0 Å². The molecule has 4 fully saturated rings. The lowest BCUT2D eigenvalue weighted by Crippen LogP contribution is -2.74. The molecule has 1 aliphatic heterocycles. The van der Waals surface area contributed by atoms with Gasteiger partial charge in [0, 0.05) is 27.7 Å². The van der Waals surface area contributed by atoms with Gasteiger partial charge in [-0.3, -0.25) is 9.59 Å². The number of hydrogen-bond acceptors (Lipinski definition) is 8. The zero-order valence-corrected chi connectivity index (χ0v) is 27.7. The Hall–Kier alpha value is -2.55. The summed E-state index contributed by atoms with van der Waals surface area (Å²) in [7, 11) is -4.21. The lowest BCUT2D eigenvalue weighted by Gasteiger charge is -2.71. The number of Topliss-reactive ketones (excluding diaryl/α,β-unsaturated/α-hetero) is 1. The molecule has 1 amide bonds. The van der Waals surface area contributed by atoms with Crippen LogP contribution >= 0.6 is 0 Å². The SMILES string of the molecule is CC1(C)C(=O)C(C#N)=C[C@]2(C)C3=CC(=O)[C@]4(O)[C@@H]5C[C@@](C)(NS(=O)(=O)N6CCOC6=O)CC[C@@]5(C)CC[C@@]4(C)[C@]3(C)CC[C@@H]12. The fourth-order valence-corrected chi connectivity index (χ4v) is 12.3. The summed E-state index contributed by atoms with van der Waals surface area (Å²) < 4.78 is 34.9. The summed E-state index contributed by atoms with van der Waals surface area (Å²) in [6.45, 7) is 13.8. The smallest absolute Gasteiger partial charge is 0.424 e. The summed E-state index contributed by atoms with van der Waals surface area (Å²) in [5.41, 5.74) is -5.22. The molecule has 44 heavy (non-hydrogen) atoms. The predicted octanol–water partition coefficient (Wildman–Crippen LogP) is 4.36. The van der Waals surface area contributed by atoms with Crippen LogP contribution in [0.3, 0.4) is 0 Å². The first-order valence-electron chi connectivity index (χ1n) is 15.8. The van der Waals surface area contributed by atoms with Gasteiger partial charge in [0.1, 0.15) is 18.3 Å². The van der Waals surface area contributed by atoms with Crippen molar-refractivity contribution in [1.82, 2.24) is 9.03 Å². The summed E-state index contributed by atoms with van der Waals surface area (Å²) >= 11 is 0. The Balaban J connectivity index is 1.45. The molecule has 0 spiro atoms.